The van der Waals surface area contributed by atoms with Crippen molar-refractivity contribution in [2.75, 3.05) is 38.2 Å². The van der Waals surface area contributed by atoms with E-state index in [1.807, 2.05) is 24.3 Å². The Morgan fingerprint density at radius 2 is 1.65 bits per heavy atom. The molecule has 2 atom stereocenters. The third-order valence-corrected chi connectivity index (χ3v) is 3.87. The molecule has 0 aromatic heterocycles. The van der Waals surface area contributed by atoms with Gasteiger partial charge in [-0.3, -0.25) is 9.59 Å². The van der Waals surface area contributed by atoms with Gasteiger partial charge in [-0.15, -0.1) is 0 Å². The fraction of sp³-hybridized carbons (Fsp3) is 0.467. The van der Waals surface area contributed by atoms with Crippen LogP contribution in [-0.4, -0.2) is 72.4 Å². The second-order valence-corrected chi connectivity index (χ2v) is 5.30. The van der Waals surface area contributed by atoms with Gasteiger partial charge in [0.1, 0.15) is 5.75 Å². The van der Waals surface area contributed by atoms with Crippen LogP contribution in [0.5, 0.6) is 5.75 Å². The molecule has 0 spiro atoms. The van der Waals surface area contributed by atoms with Gasteiger partial charge in [0.05, 0.1) is 7.11 Å². The van der Waals surface area contributed by atoms with E-state index in [2.05, 4.69) is 4.90 Å². The van der Waals surface area contributed by atoms with E-state index in [-0.39, 0.29) is 0 Å². The highest BCUT2D eigenvalue weighted by atomic mass is 16.5. The normalized spacial score (nSPS) is 17.5. The van der Waals surface area contributed by atoms with Gasteiger partial charge in [-0.2, -0.15) is 0 Å². The maximum Gasteiger partial charge on any atom is 0.254 e. The minimum atomic E-state index is -1.89. The second kappa shape index (κ2) is 7.30. The summed E-state index contributed by atoms with van der Waals surface area (Å²) in [5.41, 5.74) is 5.90. The fourth-order valence-electron chi connectivity index (χ4n) is 2.46. The largest absolute Gasteiger partial charge is 0.497 e. The summed E-state index contributed by atoms with van der Waals surface area (Å²) in [6.07, 6.45) is -3.71. The summed E-state index contributed by atoms with van der Waals surface area (Å²) >= 11 is 0. The van der Waals surface area contributed by atoms with E-state index in [9.17, 15) is 19.8 Å². The zero-order chi connectivity index (χ0) is 17.0. The molecule has 1 aromatic rings. The molecule has 1 aliphatic rings. The molecule has 8 heteroatoms. The maximum absolute atomic E-state index is 12.0. The number of carbonyl (C=O) groups is 2. The molecule has 126 valence electrons. The van der Waals surface area contributed by atoms with Gasteiger partial charge in [-0.05, 0) is 24.3 Å². The summed E-state index contributed by atoms with van der Waals surface area (Å²) in [7, 11) is 1.60. The van der Waals surface area contributed by atoms with E-state index in [1.54, 1.807) is 7.11 Å². The van der Waals surface area contributed by atoms with E-state index >= 15 is 0 Å². The topological polar surface area (TPSA) is 116 Å². The van der Waals surface area contributed by atoms with Crippen LogP contribution in [0, 0.1) is 0 Å². The number of anilines is 1. The summed E-state index contributed by atoms with van der Waals surface area (Å²) in [5.74, 6) is -1.04. The van der Waals surface area contributed by atoms with Gasteiger partial charge < -0.3 is 30.5 Å². The number of nitrogens with zero attached hydrogens (tertiary/aromatic N) is 2. The summed E-state index contributed by atoms with van der Waals surface area (Å²) in [5, 5.41) is 19.1. The molecule has 0 bridgehead atoms. The third-order valence-electron chi connectivity index (χ3n) is 3.87. The number of aliphatic hydroxyl groups excluding tert-OH is 2. The Kier molecular flexibility index (Phi) is 5.41. The Morgan fingerprint density at radius 1 is 1.09 bits per heavy atom. The maximum atomic E-state index is 12.0. The highest BCUT2D eigenvalue weighted by molar-refractivity contribution is 5.90. The van der Waals surface area contributed by atoms with Crippen molar-refractivity contribution in [3.05, 3.63) is 24.3 Å². The van der Waals surface area contributed by atoms with Crippen molar-refractivity contribution >= 4 is 17.5 Å². The van der Waals surface area contributed by atoms with E-state index in [1.165, 1.54) is 4.90 Å². The van der Waals surface area contributed by atoms with E-state index in [0.717, 1.165) is 11.4 Å². The summed E-state index contributed by atoms with van der Waals surface area (Å²) in [6, 6.07) is 7.59. The molecule has 4 N–H and O–H groups in total. The van der Waals surface area contributed by atoms with E-state index in [4.69, 9.17) is 10.5 Å². The molecule has 1 unspecified atom stereocenters. The molecule has 0 aliphatic carbocycles. The van der Waals surface area contributed by atoms with Gasteiger partial charge >= 0.3 is 0 Å². The van der Waals surface area contributed by atoms with Gasteiger partial charge in [-0.25, -0.2) is 0 Å². The lowest BCUT2D eigenvalue weighted by atomic mass is 10.1. The van der Waals surface area contributed by atoms with Gasteiger partial charge in [0, 0.05) is 31.9 Å². The number of nitrogens with two attached hydrogens (primary N) is 1. The molecule has 2 rings (SSSR count). The predicted molar refractivity (Wildman–Crippen MR) is 83.0 cm³/mol. The number of piperazine rings is 1. The average Bonchev–Trinajstić information content (AvgIpc) is 2.60. The highest BCUT2D eigenvalue weighted by Crippen LogP contribution is 2.20. The number of carbonyl (C=O) groups excluding carboxylic acids is 2. The summed E-state index contributed by atoms with van der Waals surface area (Å²) < 4.78 is 5.11. The molecular weight excluding hydrogens is 302 g/mol. The molecule has 23 heavy (non-hydrogen) atoms. The van der Waals surface area contributed by atoms with E-state index in [0.29, 0.717) is 26.2 Å². The minimum absolute atomic E-state index is 0.382. The van der Waals surface area contributed by atoms with Gasteiger partial charge in [0.25, 0.3) is 5.91 Å². The van der Waals surface area contributed by atoms with Gasteiger partial charge in [0.2, 0.25) is 5.91 Å². The lowest BCUT2D eigenvalue weighted by molar-refractivity contribution is -0.152. The molecule has 1 fully saturated rings. The molecular formula is C15H21N3O5. The van der Waals surface area contributed by atoms with Gasteiger partial charge in [-0.1, -0.05) is 0 Å². The Balaban J connectivity index is 1.92. The SMILES string of the molecule is COc1ccc(N2CCN(C(=O)[C@H](O)C(O)C(N)=O)CC2)cc1. The molecule has 2 amide bonds. The standard InChI is InChI=1S/C15H21N3O5/c1-23-11-4-2-10(3-5-11)17-6-8-18(9-7-17)15(22)13(20)12(19)14(16)21/h2-5,12-13,19-20H,6-9H2,1H3,(H2,16,21)/t12?,13-/m1/s1. The number of hydrogen-bond acceptors (Lipinski definition) is 6. The number of primary amides is 1. The summed E-state index contributed by atoms with van der Waals surface area (Å²) in [6.45, 7) is 1.93. The Morgan fingerprint density at radius 3 is 2.13 bits per heavy atom. The number of benzene rings is 1. The monoisotopic (exact) mass is 323 g/mol. The third kappa shape index (κ3) is 3.91. The molecule has 0 radical (unpaired) electrons. The smallest absolute Gasteiger partial charge is 0.254 e. The van der Waals surface area contributed by atoms with Crippen molar-refractivity contribution in [2.45, 2.75) is 12.2 Å². The van der Waals surface area contributed by atoms with Crippen LogP contribution in [0.3, 0.4) is 0 Å². The molecule has 1 aliphatic heterocycles. The van der Waals surface area contributed by atoms with Crippen LogP contribution in [0.2, 0.25) is 0 Å². The van der Waals surface area contributed by atoms with Crippen LogP contribution in [0.4, 0.5) is 5.69 Å². The van der Waals surface area contributed by atoms with Gasteiger partial charge in [0.15, 0.2) is 12.2 Å². The van der Waals surface area contributed by atoms with Crippen molar-refractivity contribution in [1.82, 2.24) is 4.90 Å². The Hall–Kier alpha value is -2.32. The lowest BCUT2D eigenvalue weighted by Gasteiger charge is -2.37. The second-order valence-electron chi connectivity index (χ2n) is 5.30. The first-order chi connectivity index (χ1) is 10.9. The Bertz CT molecular complexity index is 555. The summed E-state index contributed by atoms with van der Waals surface area (Å²) in [4.78, 5) is 26.4. The molecule has 8 nitrogen and oxygen atoms in total. The van der Waals surface area contributed by atoms with Crippen LogP contribution in [-0.2, 0) is 9.59 Å². The van der Waals surface area contributed by atoms with Crippen LogP contribution >= 0.6 is 0 Å². The fourth-order valence-corrected chi connectivity index (χ4v) is 2.46. The molecule has 1 heterocycles. The first-order valence-corrected chi connectivity index (χ1v) is 7.27. The van der Waals surface area contributed by atoms with Crippen molar-refractivity contribution < 1.29 is 24.5 Å². The number of aliphatic hydroxyl groups is 2. The first-order valence-electron chi connectivity index (χ1n) is 7.27. The zero-order valence-corrected chi connectivity index (χ0v) is 12.9. The molecule has 1 saturated heterocycles. The predicted octanol–water partition coefficient (Wildman–Crippen LogP) is -1.45. The van der Waals surface area contributed by atoms with Crippen LogP contribution in [0.1, 0.15) is 0 Å². The number of ether oxygens (including phenoxy) is 1. The zero-order valence-electron chi connectivity index (χ0n) is 12.9. The van der Waals surface area contributed by atoms with Crippen molar-refractivity contribution in [3.8, 4) is 5.75 Å². The number of methoxy groups -OCH3 is 1. The number of rotatable bonds is 5. The number of hydrogen-bond donors (Lipinski definition) is 3. The lowest BCUT2D eigenvalue weighted by Crippen LogP contribution is -2.55. The number of amides is 2. The average molecular weight is 323 g/mol. The molecule has 0 saturated carbocycles. The Labute approximate surface area is 134 Å². The van der Waals surface area contributed by atoms with Crippen molar-refractivity contribution in [2.24, 2.45) is 5.73 Å². The first kappa shape index (κ1) is 17.0. The highest BCUT2D eigenvalue weighted by Gasteiger charge is 2.33. The van der Waals surface area contributed by atoms with Crippen LogP contribution in [0.25, 0.3) is 0 Å². The quantitative estimate of drug-likeness (QED) is 0.610. The van der Waals surface area contributed by atoms with E-state index < -0.39 is 24.0 Å². The van der Waals surface area contributed by atoms with Crippen LogP contribution in [0.15, 0.2) is 24.3 Å². The van der Waals surface area contributed by atoms with Crippen molar-refractivity contribution in [1.29, 1.82) is 0 Å². The minimum Gasteiger partial charge on any atom is -0.497 e. The van der Waals surface area contributed by atoms with Crippen molar-refractivity contribution in [3.63, 3.8) is 0 Å². The molecule has 1 aromatic carbocycles. The van der Waals surface area contributed by atoms with Crippen LogP contribution < -0.4 is 15.4 Å².